The van der Waals surface area contributed by atoms with E-state index in [1.54, 1.807) is 24.3 Å². The van der Waals surface area contributed by atoms with Gasteiger partial charge in [-0.05, 0) is 37.1 Å². The molecule has 0 bridgehead atoms. The summed E-state index contributed by atoms with van der Waals surface area (Å²) in [6.07, 6.45) is 3.54. The molecule has 1 fully saturated rings. The van der Waals surface area contributed by atoms with Crippen LogP contribution in [-0.4, -0.2) is 23.2 Å². The summed E-state index contributed by atoms with van der Waals surface area (Å²) in [6.45, 7) is 0.297. The molecule has 2 N–H and O–H groups in total. The number of nitrogens with one attached hydrogen (secondary N) is 1. The molecule has 1 aromatic rings. The van der Waals surface area contributed by atoms with Crippen molar-refractivity contribution in [3.8, 4) is 6.07 Å². The van der Waals surface area contributed by atoms with E-state index in [1.807, 2.05) is 6.07 Å². The highest BCUT2D eigenvalue weighted by atomic mass is 16.3. The number of rotatable bonds is 3. The molecule has 1 aliphatic carbocycles. The SMILES string of the molecule is N#Cc1ccc(C(=O)NCC2(O)CCCC2)cc1. The Morgan fingerprint density at radius 1 is 1.33 bits per heavy atom. The minimum Gasteiger partial charge on any atom is -0.388 e. The van der Waals surface area contributed by atoms with Gasteiger partial charge in [-0.3, -0.25) is 4.79 Å². The number of hydrogen-bond acceptors (Lipinski definition) is 3. The lowest BCUT2D eigenvalue weighted by molar-refractivity contribution is 0.0449. The van der Waals surface area contributed by atoms with Gasteiger partial charge in [0.1, 0.15) is 0 Å². The molecule has 0 aliphatic heterocycles. The van der Waals surface area contributed by atoms with E-state index in [-0.39, 0.29) is 5.91 Å². The maximum atomic E-state index is 11.8. The Labute approximate surface area is 106 Å². The molecule has 0 unspecified atom stereocenters. The van der Waals surface area contributed by atoms with Gasteiger partial charge in [0.05, 0.1) is 17.2 Å². The summed E-state index contributed by atoms with van der Waals surface area (Å²) < 4.78 is 0. The van der Waals surface area contributed by atoms with Gasteiger partial charge in [-0.2, -0.15) is 5.26 Å². The number of hydrogen-bond donors (Lipinski definition) is 2. The smallest absolute Gasteiger partial charge is 0.251 e. The van der Waals surface area contributed by atoms with Gasteiger partial charge < -0.3 is 10.4 Å². The molecule has 0 spiro atoms. The normalized spacial score (nSPS) is 17.1. The molecule has 0 heterocycles. The van der Waals surface area contributed by atoms with Gasteiger partial charge in [0.15, 0.2) is 0 Å². The molecule has 4 heteroatoms. The van der Waals surface area contributed by atoms with Crippen LogP contribution in [0.2, 0.25) is 0 Å². The van der Waals surface area contributed by atoms with Gasteiger partial charge in [0.2, 0.25) is 0 Å². The van der Waals surface area contributed by atoms with E-state index in [0.717, 1.165) is 25.7 Å². The molecule has 0 saturated heterocycles. The lowest BCUT2D eigenvalue weighted by Crippen LogP contribution is -2.40. The van der Waals surface area contributed by atoms with Crippen molar-refractivity contribution in [1.82, 2.24) is 5.32 Å². The number of nitriles is 1. The van der Waals surface area contributed by atoms with Crippen molar-refractivity contribution in [1.29, 1.82) is 5.26 Å². The second-order valence-corrected chi connectivity index (χ2v) is 4.80. The second-order valence-electron chi connectivity index (χ2n) is 4.80. The predicted molar refractivity (Wildman–Crippen MR) is 66.9 cm³/mol. The molecule has 1 aromatic carbocycles. The first-order valence-electron chi connectivity index (χ1n) is 6.14. The van der Waals surface area contributed by atoms with Crippen LogP contribution in [0.1, 0.15) is 41.6 Å². The summed E-state index contributed by atoms with van der Waals surface area (Å²) in [5, 5.41) is 21.5. The third-order valence-electron chi connectivity index (χ3n) is 3.39. The van der Waals surface area contributed by atoms with Crippen LogP contribution in [0.25, 0.3) is 0 Å². The van der Waals surface area contributed by atoms with Crippen LogP contribution in [0.5, 0.6) is 0 Å². The third kappa shape index (κ3) is 2.88. The first kappa shape index (κ1) is 12.6. The highest BCUT2D eigenvalue weighted by Crippen LogP contribution is 2.28. The van der Waals surface area contributed by atoms with E-state index < -0.39 is 5.60 Å². The van der Waals surface area contributed by atoms with Crippen molar-refractivity contribution in [2.45, 2.75) is 31.3 Å². The number of carbonyl (C=O) groups is 1. The quantitative estimate of drug-likeness (QED) is 0.848. The third-order valence-corrected chi connectivity index (χ3v) is 3.39. The van der Waals surface area contributed by atoms with E-state index in [4.69, 9.17) is 5.26 Å². The van der Waals surface area contributed by atoms with Crippen molar-refractivity contribution in [2.75, 3.05) is 6.54 Å². The van der Waals surface area contributed by atoms with Gasteiger partial charge >= 0.3 is 0 Å². The minimum absolute atomic E-state index is 0.209. The van der Waals surface area contributed by atoms with E-state index >= 15 is 0 Å². The lowest BCUT2D eigenvalue weighted by atomic mass is 10.0. The predicted octanol–water partition coefficient (Wildman–Crippen LogP) is 1.59. The van der Waals surface area contributed by atoms with E-state index in [1.165, 1.54) is 0 Å². The summed E-state index contributed by atoms with van der Waals surface area (Å²) in [7, 11) is 0. The van der Waals surface area contributed by atoms with Crippen molar-refractivity contribution in [2.24, 2.45) is 0 Å². The van der Waals surface area contributed by atoms with Crippen molar-refractivity contribution in [3.63, 3.8) is 0 Å². The molecule has 0 radical (unpaired) electrons. The lowest BCUT2D eigenvalue weighted by Gasteiger charge is -2.22. The Balaban J connectivity index is 1.93. The van der Waals surface area contributed by atoms with E-state index in [9.17, 15) is 9.90 Å². The van der Waals surface area contributed by atoms with E-state index in [2.05, 4.69) is 5.32 Å². The van der Waals surface area contributed by atoms with Crippen LogP contribution in [0.3, 0.4) is 0 Å². The maximum absolute atomic E-state index is 11.8. The molecule has 18 heavy (non-hydrogen) atoms. The Hall–Kier alpha value is -1.86. The molecular formula is C14H16N2O2. The summed E-state index contributed by atoms with van der Waals surface area (Å²) >= 11 is 0. The Kier molecular flexibility index (Phi) is 3.63. The molecular weight excluding hydrogens is 228 g/mol. The van der Waals surface area contributed by atoms with Crippen LogP contribution in [0.4, 0.5) is 0 Å². The second kappa shape index (κ2) is 5.19. The molecule has 0 atom stereocenters. The molecule has 1 saturated carbocycles. The Morgan fingerprint density at radius 3 is 2.50 bits per heavy atom. The average Bonchev–Trinajstić information content (AvgIpc) is 2.83. The number of nitrogens with zero attached hydrogens (tertiary/aromatic N) is 1. The molecule has 1 aliphatic rings. The Bertz CT molecular complexity index is 468. The first-order valence-corrected chi connectivity index (χ1v) is 6.14. The monoisotopic (exact) mass is 244 g/mol. The van der Waals surface area contributed by atoms with E-state index in [0.29, 0.717) is 17.7 Å². The van der Waals surface area contributed by atoms with Gasteiger partial charge in [-0.25, -0.2) is 0 Å². The summed E-state index contributed by atoms with van der Waals surface area (Å²) in [5.41, 5.74) is 0.305. The first-order chi connectivity index (χ1) is 8.63. The summed E-state index contributed by atoms with van der Waals surface area (Å²) in [6, 6.07) is 8.46. The van der Waals surface area contributed by atoms with Gasteiger partial charge in [0.25, 0.3) is 5.91 Å². The van der Waals surface area contributed by atoms with Crippen LogP contribution in [0, 0.1) is 11.3 Å². The topological polar surface area (TPSA) is 73.1 Å². The van der Waals surface area contributed by atoms with Crippen LogP contribution >= 0.6 is 0 Å². The number of benzene rings is 1. The summed E-state index contributed by atoms with van der Waals surface area (Å²) in [5.74, 6) is -0.209. The largest absolute Gasteiger partial charge is 0.388 e. The van der Waals surface area contributed by atoms with Crippen molar-refractivity contribution in [3.05, 3.63) is 35.4 Å². The fourth-order valence-electron chi connectivity index (χ4n) is 2.25. The minimum atomic E-state index is -0.734. The molecule has 2 rings (SSSR count). The number of carbonyl (C=O) groups excluding carboxylic acids is 1. The fourth-order valence-corrected chi connectivity index (χ4v) is 2.25. The van der Waals surface area contributed by atoms with Gasteiger partial charge in [-0.15, -0.1) is 0 Å². The zero-order chi connectivity index (χ0) is 13.0. The fraction of sp³-hybridized carbons (Fsp3) is 0.429. The highest BCUT2D eigenvalue weighted by molar-refractivity contribution is 5.94. The molecule has 1 amide bonds. The highest BCUT2D eigenvalue weighted by Gasteiger charge is 2.31. The van der Waals surface area contributed by atoms with Crippen molar-refractivity contribution < 1.29 is 9.90 Å². The standard InChI is InChI=1S/C14H16N2O2/c15-9-11-3-5-12(6-4-11)13(17)16-10-14(18)7-1-2-8-14/h3-6,18H,1-2,7-8,10H2,(H,16,17). The van der Waals surface area contributed by atoms with Crippen LogP contribution < -0.4 is 5.32 Å². The maximum Gasteiger partial charge on any atom is 0.251 e. The summed E-state index contributed by atoms with van der Waals surface area (Å²) in [4.78, 5) is 11.8. The number of amides is 1. The van der Waals surface area contributed by atoms with Gasteiger partial charge in [-0.1, -0.05) is 12.8 Å². The Morgan fingerprint density at radius 2 is 1.94 bits per heavy atom. The molecule has 0 aromatic heterocycles. The molecule has 94 valence electrons. The van der Waals surface area contributed by atoms with Crippen LogP contribution in [-0.2, 0) is 0 Å². The van der Waals surface area contributed by atoms with Gasteiger partial charge in [0, 0.05) is 12.1 Å². The molecule has 4 nitrogen and oxygen atoms in total. The zero-order valence-electron chi connectivity index (χ0n) is 10.1. The number of aliphatic hydroxyl groups is 1. The van der Waals surface area contributed by atoms with Crippen LogP contribution in [0.15, 0.2) is 24.3 Å². The zero-order valence-corrected chi connectivity index (χ0v) is 10.1. The van der Waals surface area contributed by atoms with Crippen molar-refractivity contribution >= 4 is 5.91 Å². The average molecular weight is 244 g/mol.